The van der Waals surface area contributed by atoms with Crippen LogP contribution in [0.3, 0.4) is 0 Å². The van der Waals surface area contributed by atoms with Crippen molar-refractivity contribution in [1.29, 1.82) is 0 Å². The molecule has 44 heavy (non-hydrogen) atoms. The Bertz CT molecular complexity index is 1290. The first kappa shape index (κ1) is 32.9. The number of thiophene rings is 1. The Labute approximate surface area is 271 Å². The number of nitrogens with one attached hydrogen (secondary N) is 1. The van der Waals surface area contributed by atoms with Crippen molar-refractivity contribution >= 4 is 39.3 Å². The Kier molecular flexibility index (Phi) is 13.8. The number of H-pyrrole nitrogens is 1. The van der Waals surface area contributed by atoms with Crippen LogP contribution in [-0.2, 0) is 0 Å². The summed E-state index contributed by atoms with van der Waals surface area (Å²) in [4.78, 5) is 12.0. The van der Waals surface area contributed by atoms with Gasteiger partial charge in [0.2, 0.25) is 0 Å². The summed E-state index contributed by atoms with van der Waals surface area (Å²) in [5, 5.41) is 3.35. The molecule has 1 saturated heterocycles. The van der Waals surface area contributed by atoms with Crippen LogP contribution in [0.2, 0.25) is 0 Å². The first-order chi connectivity index (χ1) is 21.8. The van der Waals surface area contributed by atoms with Crippen LogP contribution in [0.5, 0.6) is 0 Å². The lowest BCUT2D eigenvalue weighted by Gasteiger charge is -2.33. The zero-order valence-electron chi connectivity index (χ0n) is 27.3. The van der Waals surface area contributed by atoms with Gasteiger partial charge in [-0.15, -0.1) is 11.3 Å². The van der Waals surface area contributed by atoms with Gasteiger partial charge in [0.25, 0.3) is 0 Å². The molecular weight excluding hydrogens is 557 g/mol. The average Bonchev–Trinajstić information content (AvgIpc) is 3.73. The maximum absolute atomic E-state index is 6.30. The molecule has 3 aliphatic rings. The number of nitrogens with two attached hydrogens (primary N) is 1. The molecule has 0 aliphatic carbocycles. The van der Waals surface area contributed by atoms with E-state index >= 15 is 0 Å². The van der Waals surface area contributed by atoms with E-state index in [0.717, 1.165) is 16.1 Å². The summed E-state index contributed by atoms with van der Waals surface area (Å²) in [7, 11) is 0. The molecule has 4 nitrogen and oxygen atoms in total. The average molecular weight is 615 g/mol. The van der Waals surface area contributed by atoms with E-state index in [4.69, 9.17) is 10.7 Å². The maximum Gasteiger partial charge on any atom is 0.141 e. The predicted molar refractivity (Wildman–Crippen MR) is 193 cm³/mol. The zero-order chi connectivity index (χ0) is 30.2. The number of nitrogens with zero attached hydrogens (tertiary/aromatic N) is 2. The number of aromatic amines is 1. The molecule has 240 valence electrons. The molecule has 5 heterocycles. The van der Waals surface area contributed by atoms with Crippen LogP contribution >= 0.6 is 11.3 Å². The number of aliphatic imine (C=N–C) groups is 1. The van der Waals surface area contributed by atoms with Crippen molar-refractivity contribution in [2.24, 2.45) is 16.6 Å². The molecule has 5 heteroatoms. The Balaban J connectivity index is 1.25. The molecular formula is C39H58N4S. The summed E-state index contributed by atoms with van der Waals surface area (Å²) in [6.45, 7) is 2.40. The van der Waals surface area contributed by atoms with Crippen LogP contribution in [0.4, 0.5) is 5.69 Å². The van der Waals surface area contributed by atoms with Gasteiger partial charge in [-0.2, -0.15) is 0 Å². The van der Waals surface area contributed by atoms with Crippen molar-refractivity contribution in [3.05, 3.63) is 58.5 Å². The second-order valence-electron chi connectivity index (χ2n) is 13.5. The van der Waals surface area contributed by atoms with Crippen LogP contribution in [0.1, 0.15) is 145 Å². The number of allylic oxidation sites excluding steroid dienone is 1. The number of aromatic nitrogens is 1. The molecule has 3 aliphatic heterocycles. The lowest BCUT2D eigenvalue weighted by molar-refractivity contribution is 0.313. The molecule has 1 fully saturated rings. The van der Waals surface area contributed by atoms with Crippen LogP contribution in [0.15, 0.2) is 53.1 Å². The Morgan fingerprint density at radius 1 is 0.727 bits per heavy atom. The minimum absolute atomic E-state index is 0.585. The Hall–Kier alpha value is -2.53. The van der Waals surface area contributed by atoms with Crippen molar-refractivity contribution in [1.82, 2.24) is 9.88 Å². The van der Waals surface area contributed by atoms with Gasteiger partial charge in [0, 0.05) is 42.0 Å². The second kappa shape index (κ2) is 18.4. The molecule has 1 unspecified atom stereocenters. The van der Waals surface area contributed by atoms with Crippen LogP contribution < -0.4 is 5.73 Å². The maximum atomic E-state index is 6.30. The number of rotatable bonds is 3. The molecule has 0 saturated carbocycles. The van der Waals surface area contributed by atoms with Gasteiger partial charge in [0.05, 0.1) is 10.6 Å². The topological polar surface area (TPSA) is 57.4 Å². The first-order valence-corrected chi connectivity index (χ1v) is 19.1. The van der Waals surface area contributed by atoms with Crippen LogP contribution in [0.25, 0.3) is 16.5 Å². The Morgan fingerprint density at radius 3 is 1.95 bits per heavy atom. The van der Waals surface area contributed by atoms with E-state index in [2.05, 4.69) is 40.5 Å². The molecule has 2 bridgehead atoms. The summed E-state index contributed by atoms with van der Waals surface area (Å²) >= 11 is 1.63. The highest BCUT2D eigenvalue weighted by Gasteiger charge is 2.24. The van der Waals surface area contributed by atoms with E-state index < -0.39 is 0 Å². The number of hydrogen-bond acceptors (Lipinski definition) is 3. The molecule has 1 atom stereocenters. The monoisotopic (exact) mass is 614 g/mol. The van der Waals surface area contributed by atoms with E-state index in [0.29, 0.717) is 11.8 Å². The minimum Gasteiger partial charge on any atom is -0.383 e. The lowest BCUT2D eigenvalue weighted by atomic mass is 9.84. The molecule has 0 radical (unpaired) electrons. The van der Waals surface area contributed by atoms with E-state index in [1.807, 2.05) is 17.5 Å². The van der Waals surface area contributed by atoms with E-state index in [9.17, 15) is 0 Å². The van der Waals surface area contributed by atoms with Crippen LogP contribution in [0, 0.1) is 5.92 Å². The third kappa shape index (κ3) is 10.3. The van der Waals surface area contributed by atoms with E-state index in [-0.39, 0.29) is 0 Å². The highest BCUT2D eigenvalue weighted by atomic mass is 32.1. The highest BCUT2D eigenvalue weighted by molar-refractivity contribution is 7.12. The predicted octanol–water partition coefficient (Wildman–Crippen LogP) is 11.7. The summed E-state index contributed by atoms with van der Waals surface area (Å²) in [6, 6.07) is 10.6. The van der Waals surface area contributed by atoms with Gasteiger partial charge in [-0.05, 0) is 54.3 Å². The minimum atomic E-state index is 0.585. The molecule has 0 amide bonds. The molecule has 3 aromatic rings. The first-order valence-electron chi connectivity index (χ1n) is 18.2. The van der Waals surface area contributed by atoms with E-state index in [1.54, 1.807) is 16.9 Å². The third-order valence-electron chi connectivity index (χ3n) is 10.0. The molecule has 1 aromatic carbocycles. The third-order valence-corrected chi connectivity index (χ3v) is 10.9. The van der Waals surface area contributed by atoms with E-state index in [1.165, 1.54) is 159 Å². The van der Waals surface area contributed by atoms with Gasteiger partial charge in [-0.25, -0.2) is 4.99 Å². The fourth-order valence-electron chi connectivity index (χ4n) is 7.36. The SMILES string of the molecule is NC(=Nc1ccc2c(C3=CN4CCCCCCCCCCCCCCCCCCCCCC3CC4)c[nH]c2c1)c1cccs1. The van der Waals surface area contributed by atoms with Crippen molar-refractivity contribution in [2.45, 2.75) is 135 Å². The number of fused-ring (bicyclic) bond motifs is 22. The number of hydrogen-bond donors (Lipinski definition) is 2. The summed E-state index contributed by atoms with van der Waals surface area (Å²) in [5.74, 6) is 1.23. The smallest absolute Gasteiger partial charge is 0.141 e. The highest BCUT2D eigenvalue weighted by Crippen LogP contribution is 2.38. The fourth-order valence-corrected chi connectivity index (χ4v) is 7.99. The van der Waals surface area contributed by atoms with Crippen molar-refractivity contribution < 1.29 is 0 Å². The molecule has 2 aromatic heterocycles. The normalized spacial score (nSPS) is 21.9. The van der Waals surface area contributed by atoms with Crippen molar-refractivity contribution in [3.63, 3.8) is 0 Å². The largest absolute Gasteiger partial charge is 0.383 e. The van der Waals surface area contributed by atoms with Gasteiger partial charge < -0.3 is 15.6 Å². The number of benzene rings is 1. The van der Waals surface area contributed by atoms with Gasteiger partial charge in [-0.3, -0.25) is 0 Å². The number of amidine groups is 1. The van der Waals surface area contributed by atoms with Crippen LogP contribution in [-0.4, -0.2) is 28.8 Å². The zero-order valence-corrected chi connectivity index (χ0v) is 28.2. The molecule has 0 spiro atoms. The van der Waals surface area contributed by atoms with Gasteiger partial charge >= 0.3 is 0 Å². The second-order valence-corrected chi connectivity index (χ2v) is 14.5. The van der Waals surface area contributed by atoms with Crippen molar-refractivity contribution in [2.75, 3.05) is 13.1 Å². The standard InChI is InChI=1S/C39H58N4S/c40-39(38-22-20-28-44-38)42-33-23-24-34-35(30-41-37(34)29-33)36-31-43-26-19-17-15-13-11-9-7-5-3-1-2-4-6-8-10-12-14-16-18-21-32(36)25-27-43/h20,22-24,28-32,41H,1-19,21,25-27H2,(H2,40,42). The van der Waals surface area contributed by atoms with Gasteiger partial charge in [-0.1, -0.05) is 128 Å². The summed E-state index contributed by atoms with van der Waals surface area (Å²) < 4.78 is 0. The quantitative estimate of drug-likeness (QED) is 0.228. The molecule has 6 rings (SSSR count). The Morgan fingerprint density at radius 2 is 1.34 bits per heavy atom. The summed E-state index contributed by atoms with van der Waals surface area (Å²) in [5.41, 5.74) is 11.3. The van der Waals surface area contributed by atoms with Gasteiger partial charge in [0.15, 0.2) is 0 Å². The fraction of sp³-hybridized carbons (Fsp3) is 0.615. The van der Waals surface area contributed by atoms with Gasteiger partial charge in [0.1, 0.15) is 5.84 Å². The summed E-state index contributed by atoms with van der Waals surface area (Å²) in [6.07, 6.45) is 34.4. The van der Waals surface area contributed by atoms with Crippen molar-refractivity contribution in [3.8, 4) is 0 Å². The lowest BCUT2D eigenvalue weighted by Crippen LogP contribution is -2.28. The molecule has 3 N–H and O–H groups in total.